The highest BCUT2D eigenvalue weighted by Crippen LogP contribution is 2.23. The molecule has 0 saturated heterocycles. The zero-order chi connectivity index (χ0) is 13.6. The number of ether oxygens (including phenoxy) is 1. The van der Waals surface area contributed by atoms with Gasteiger partial charge in [-0.05, 0) is 12.1 Å². The van der Waals surface area contributed by atoms with Gasteiger partial charge in [0.05, 0.1) is 23.8 Å². The third kappa shape index (κ3) is 4.59. The smallest absolute Gasteiger partial charge is 0.177 e. The standard InChI is InChI=1S/C12H18BrNO3S/c1-14(8-10-17-9-7-13)11-5-3-4-6-12(11)18(2,15)16/h3-6H,7-10H2,1-2H3. The van der Waals surface area contributed by atoms with Crippen LogP contribution in [0.2, 0.25) is 0 Å². The van der Waals surface area contributed by atoms with E-state index in [1.54, 1.807) is 18.2 Å². The van der Waals surface area contributed by atoms with Crippen LogP contribution >= 0.6 is 15.9 Å². The van der Waals surface area contributed by atoms with E-state index in [0.29, 0.717) is 30.3 Å². The van der Waals surface area contributed by atoms with Gasteiger partial charge in [0.25, 0.3) is 0 Å². The van der Waals surface area contributed by atoms with Crippen molar-refractivity contribution in [1.82, 2.24) is 0 Å². The maximum absolute atomic E-state index is 11.7. The van der Waals surface area contributed by atoms with Crippen molar-refractivity contribution in [2.24, 2.45) is 0 Å². The van der Waals surface area contributed by atoms with Gasteiger partial charge in [0.15, 0.2) is 9.84 Å². The Morgan fingerprint density at radius 1 is 1.28 bits per heavy atom. The van der Waals surface area contributed by atoms with Crippen LogP contribution in [0.1, 0.15) is 0 Å². The largest absolute Gasteiger partial charge is 0.379 e. The Morgan fingerprint density at radius 3 is 2.56 bits per heavy atom. The summed E-state index contributed by atoms with van der Waals surface area (Å²) in [6.45, 7) is 1.88. The first kappa shape index (κ1) is 15.5. The Balaban J connectivity index is 2.77. The zero-order valence-electron chi connectivity index (χ0n) is 10.6. The Labute approximate surface area is 117 Å². The highest BCUT2D eigenvalue weighted by Gasteiger charge is 2.15. The maximum Gasteiger partial charge on any atom is 0.177 e. The summed E-state index contributed by atoms with van der Waals surface area (Å²) < 4.78 is 28.7. The molecule has 0 heterocycles. The zero-order valence-corrected chi connectivity index (χ0v) is 13.0. The van der Waals surface area contributed by atoms with Gasteiger partial charge in [-0.25, -0.2) is 8.42 Å². The Kier molecular flexibility index (Phi) is 6.11. The average Bonchev–Trinajstić information content (AvgIpc) is 2.33. The number of para-hydroxylation sites is 1. The predicted molar refractivity (Wildman–Crippen MR) is 77.4 cm³/mol. The molecule has 6 heteroatoms. The van der Waals surface area contributed by atoms with Crippen LogP contribution in [0.25, 0.3) is 0 Å². The van der Waals surface area contributed by atoms with Crippen molar-refractivity contribution >= 4 is 31.5 Å². The highest BCUT2D eigenvalue weighted by atomic mass is 79.9. The summed E-state index contributed by atoms with van der Waals surface area (Å²) >= 11 is 3.28. The molecule has 102 valence electrons. The molecule has 18 heavy (non-hydrogen) atoms. The van der Waals surface area contributed by atoms with Gasteiger partial charge in [-0.3, -0.25) is 0 Å². The lowest BCUT2D eigenvalue weighted by Crippen LogP contribution is -2.24. The molecular weight excluding hydrogens is 318 g/mol. The Hall–Kier alpha value is -0.590. The number of rotatable bonds is 7. The van der Waals surface area contributed by atoms with Gasteiger partial charge in [-0.1, -0.05) is 28.1 Å². The van der Waals surface area contributed by atoms with Crippen molar-refractivity contribution in [3.63, 3.8) is 0 Å². The first-order valence-corrected chi connectivity index (χ1v) is 8.62. The second-order valence-corrected chi connectivity index (χ2v) is 6.74. The molecule has 1 rings (SSSR count). The van der Waals surface area contributed by atoms with Gasteiger partial charge >= 0.3 is 0 Å². The summed E-state index contributed by atoms with van der Waals surface area (Å²) in [6.07, 6.45) is 1.22. The van der Waals surface area contributed by atoms with Crippen LogP contribution in [0.5, 0.6) is 0 Å². The number of halogens is 1. The molecule has 0 N–H and O–H groups in total. The molecule has 0 aliphatic carbocycles. The molecule has 0 amide bonds. The number of nitrogens with zero attached hydrogens (tertiary/aromatic N) is 1. The topological polar surface area (TPSA) is 46.6 Å². The molecule has 0 bridgehead atoms. The molecule has 0 unspecified atom stereocenters. The number of alkyl halides is 1. The van der Waals surface area contributed by atoms with E-state index >= 15 is 0 Å². The molecule has 0 aromatic heterocycles. The monoisotopic (exact) mass is 335 g/mol. The summed E-state index contributed by atoms with van der Waals surface area (Å²) in [5.74, 6) is 0. The van der Waals surface area contributed by atoms with Crippen LogP contribution in [-0.2, 0) is 14.6 Å². The fourth-order valence-corrected chi connectivity index (χ4v) is 2.72. The molecule has 4 nitrogen and oxygen atoms in total. The third-order valence-electron chi connectivity index (χ3n) is 2.47. The summed E-state index contributed by atoms with van der Waals surface area (Å²) in [4.78, 5) is 2.25. The lowest BCUT2D eigenvalue weighted by molar-refractivity contribution is 0.157. The first-order chi connectivity index (χ1) is 8.46. The lowest BCUT2D eigenvalue weighted by Gasteiger charge is -2.21. The minimum Gasteiger partial charge on any atom is -0.379 e. The quantitative estimate of drug-likeness (QED) is 0.564. The molecule has 0 aliphatic rings. The van der Waals surface area contributed by atoms with Crippen LogP contribution in [-0.4, -0.2) is 46.8 Å². The van der Waals surface area contributed by atoms with Crippen molar-refractivity contribution in [3.8, 4) is 0 Å². The van der Waals surface area contributed by atoms with Gasteiger partial charge < -0.3 is 9.64 Å². The Morgan fingerprint density at radius 2 is 1.94 bits per heavy atom. The van der Waals surface area contributed by atoms with Crippen molar-refractivity contribution in [2.75, 3.05) is 43.3 Å². The summed E-state index contributed by atoms with van der Waals surface area (Å²) in [6, 6.07) is 7.00. The number of anilines is 1. The van der Waals surface area contributed by atoms with E-state index in [9.17, 15) is 8.42 Å². The van der Waals surface area contributed by atoms with Gasteiger partial charge in [0.1, 0.15) is 0 Å². The predicted octanol–water partition coefficient (Wildman–Crippen LogP) is 1.94. The second kappa shape index (κ2) is 7.11. The molecule has 1 aromatic rings. The Bertz CT molecular complexity index is 476. The van der Waals surface area contributed by atoms with Crippen molar-refractivity contribution < 1.29 is 13.2 Å². The number of sulfone groups is 1. The minimum absolute atomic E-state index is 0.355. The van der Waals surface area contributed by atoms with E-state index in [-0.39, 0.29) is 0 Å². The van der Waals surface area contributed by atoms with E-state index in [1.807, 2.05) is 18.0 Å². The van der Waals surface area contributed by atoms with Crippen LogP contribution in [0.15, 0.2) is 29.2 Å². The molecule has 0 fully saturated rings. The normalized spacial score (nSPS) is 11.5. The lowest BCUT2D eigenvalue weighted by atomic mass is 10.3. The average molecular weight is 336 g/mol. The summed E-state index contributed by atoms with van der Waals surface area (Å²) in [5, 5.41) is 0.802. The van der Waals surface area contributed by atoms with Crippen LogP contribution in [0.4, 0.5) is 5.69 Å². The SMILES string of the molecule is CN(CCOCCBr)c1ccccc1S(C)(=O)=O. The molecule has 0 saturated carbocycles. The maximum atomic E-state index is 11.7. The third-order valence-corrected chi connectivity index (χ3v) is 3.94. The fraction of sp³-hybridized carbons (Fsp3) is 0.500. The number of benzene rings is 1. The fourth-order valence-electron chi connectivity index (χ4n) is 1.56. The summed E-state index contributed by atoms with van der Waals surface area (Å²) in [5.41, 5.74) is 0.711. The molecule has 0 radical (unpaired) electrons. The van der Waals surface area contributed by atoms with E-state index in [0.717, 1.165) is 5.33 Å². The van der Waals surface area contributed by atoms with Crippen LogP contribution < -0.4 is 4.90 Å². The minimum atomic E-state index is -3.20. The number of hydrogen-bond acceptors (Lipinski definition) is 4. The van der Waals surface area contributed by atoms with E-state index in [4.69, 9.17) is 4.74 Å². The number of hydrogen-bond donors (Lipinski definition) is 0. The van der Waals surface area contributed by atoms with Gasteiger partial charge in [-0.2, -0.15) is 0 Å². The van der Waals surface area contributed by atoms with Crippen LogP contribution in [0.3, 0.4) is 0 Å². The summed E-state index contributed by atoms with van der Waals surface area (Å²) in [7, 11) is -1.34. The van der Waals surface area contributed by atoms with Crippen molar-refractivity contribution in [1.29, 1.82) is 0 Å². The van der Waals surface area contributed by atoms with E-state index < -0.39 is 9.84 Å². The van der Waals surface area contributed by atoms with Crippen molar-refractivity contribution in [3.05, 3.63) is 24.3 Å². The highest BCUT2D eigenvalue weighted by molar-refractivity contribution is 9.09. The molecule has 0 aliphatic heterocycles. The van der Waals surface area contributed by atoms with Crippen molar-refractivity contribution in [2.45, 2.75) is 4.90 Å². The molecule has 1 aromatic carbocycles. The van der Waals surface area contributed by atoms with Gasteiger partial charge in [0.2, 0.25) is 0 Å². The molecule has 0 spiro atoms. The van der Waals surface area contributed by atoms with Gasteiger partial charge in [0, 0.05) is 25.2 Å². The molecular formula is C12H18BrNO3S. The number of likely N-dealkylation sites (N-methyl/N-ethyl adjacent to an activating group) is 1. The first-order valence-electron chi connectivity index (χ1n) is 5.60. The van der Waals surface area contributed by atoms with Crippen LogP contribution in [0, 0.1) is 0 Å². The second-order valence-electron chi connectivity index (χ2n) is 3.96. The molecule has 0 atom stereocenters. The van der Waals surface area contributed by atoms with E-state index in [2.05, 4.69) is 15.9 Å². The van der Waals surface area contributed by atoms with E-state index in [1.165, 1.54) is 6.26 Å². The van der Waals surface area contributed by atoms with Gasteiger partial charge in [-0.15, -0.1) is 0 Å².